The highest BCUT2D eigenvalue weighted by molar-refractivity contribution is 5.60. The fourth-order valence-electron chi connectivity index (χ4n) is 2.19. The summed E-state index contributed by atoms with van der Waals surface area (Å²) < 4.78 is 0. The van der Waals surface area contributed by atoms with E-state index in [2.05, 4.69) is 25.7 Å². The quantitative estimate of drug-likeness (QED) is 0.679. The molecular formula is C16H17N5. The van der Waals surface area contributed by atoms with Crippen molar-refractivity contribution in [1.29, 1.82) is 0 Å². The molecule has 0 radical (unpaired) electrons. The molecule has 0 aliphatic heterocycles. The van der Waals surface area contributed by atoms with Crippen molar-refractivity contribution >= 4 is 0 Å². The van der Waals surface area contributed by atoms with E-state index >= 15 is 0 Å². The van der Waals surface area contributed by atoms with Gasteiger partial charge in [0.25, 0.3) is 0 Å². The Kier molecular flexibility index (Phi) is 4.33. The van der Waals surface area contributed by atoms with Gasteiger partial charge in [-0.2, -0.15) is 15.4 Å². The summed E-state index contributed by atoms with van der Waals surface area (Å²) in [6, 6.07) is 14.2. The van der Waals surface area contributed by atoms with Gasteiger partial charge in [0.1, 0.15) is 11.4 Å². The Balaban J connectivity index is 1.56. The highest BCUT2D eigenvalue weighted by Gasteiger charge is 2.09. The molecule has 3 rings (SSSR count). The Labute approximate surface area is 123 Å². The van der Waals surface area contributed by atoms with Gasteiger partial charge in [-0.05, 0) is 30.7 Å². The molecule has 0 atom stereocenters. The summed E-state index contributed by atoms with van der Waals surface area (Å²) in [7, 11) is 0. The molecule has 0 amide bonds. The third kappa shape index (κ3) is 3.52. The van der Waals surface area contributed by atoms with Crippen molar-refractivity contribution in [3.63, 3.8) is 0 Å². The molecule has 2 heterocycles. The number of hydrogen-bond acceptors (Lipinski definition) is 4. The molecule has 0 aliphatic rings. The van der Waals surface area contributed by atoms with Crippen LogP contribution in [0, 0.1) is 0 Å². The van der Waals surface area contributed by atoms with Crippen LogP contribution in [0.25, 0.3) is 11.3 Å². The Morgan fingerprint density at radius 2 is 1.76 bits per heavy atom. The summed E-state index contributed by atoms with van der Waals surface area (Å²) in [4.78, 5) is 4.02. The zero-order valence-electron chi connectivity index (χ0n) is 11.7. The summed E-state index contributed by atoms with van der Waals surface area (Å²) in [5.41, 5.74) is 4.21. The first-order chi connectivity index (χ1) is 10.4. The number of aromatic nitrogens is 4. The third-order valence-electron chi connectivity index (χ3n) is 3.30. The number of aromatic amines is 1. The Bertz CT molecular complexity index is 663. The minimum Gasteiger partial charge on any atom is -0.311 e. The predicted octanol–water partition coefficient (Wildman–Crippen LogP) is 2.20. The van der Waals surface area contributed by atoms with E-state index in [0.717, 1.165) is 29.9 Å². The largest absolute Gasteiger partial charge is 0.311 e. The van der Waals surface area contributed by atoms with Crippen LogP contribution in [0.15, 0.2) is 54.9 Å². The minimum absolute atomic E-state index is 0.700. The maximum Gasteiger partial charge on any atom is 0.117 e. The Hall–Kier alpha value is -2.53. The molecule has 0 saturated heterocycles. The van der Waals surface area contributed by atoms with Crippen molar-refractivity contribution in [3.05, 3.63) is 66.1 Å². The molecule has 0 bridgehead atoms. The van der Waals surface area contributed by atoms with Crippen LogP contribution in [-0.2, 0) is 13.0 Å². The molecule has 21 heavy (non-hydrogen) atoms. The second-order valence-corrected chi connectivity index (χ2v) is 4.77. The average molecular weight is 279 g/mol. The lowest BCUT2D eigenvalue weighted by atomic mass is 10.1. The molecule has 0 aliphatic carbocycles. The SMILES string of the molecule is c1ccc(-c2n[nH]nc2CNCCc2ccncc2)cc1. The summed E-state index contributed by atoms with van der Waals surface area (Å²) >= 11 is 0. The van der Waals surface area contributed by atoms with Crippen LogP contribution >= 0.6 is 0 Å². The lowest BCUT2D eigenvalue weighted by molar-refractivity contribution is 0.673. The van der Waals surface area contributed by atoms with Crippen molar-refractivity contribution in [1.82, 2.24) is 25.7 Å². The monoisotopic (exact) mass is 279 g/mol. The standard InChI is InChI=1S/C16H17N5/c1-2-4-14(5-3-1)16-15(19-21-20-16)12-18-11-8-13-6-9-17-10-7-13/h1-7,9-10,18H,8,11-12H2,(H,19,20,21). The van der Waals surface area contributed by atoms with E-state index in [9.17, 15) is 0 Å². The van der Waals surface area contributed by atoms with E-state index in [4.69, 9.17) is 0 Å². The molecule has 0 unspecified atom stereocenters. The summed E-state index contributed by atoms with van der Waals surface area (Å²) in [6.07, 6.45) is 4.61. The fraction of sp³-hybridized carbons (Fsp3) is 0.188. The Morgan fingerprint density at radius 1 is 0.952 bits per heavy atom. The third-order valence-corrected chi connectivity index (χ3v) is 3.30. The smallest absolute Gasteiger partial charge is 0.117 e. The molecule has 3 aromatic rings. The summed E-state index contributed by atoms with van der Waals surface area (Å²) in [5.74, 6) is 0. The lowest BCUT2D eigenvalue weighted by Gasteiger charge is -2.04. The number of nitrogens with one attached hydrogen (secondary N) is 2. The van der Waals surface area contributed by atoms with E-state index in [0.29, 0.717) is 6.54 Å². The predicted molar refractivity (Wildman–Crippen MR) is 81.5 cm³/mol. The Morgan fingerprint density at radius 3 is 2.57 bits per heavy atom. The van der Waals surface area contributed by atoms with Gasteiger partial charge < -0.3 is 5.32 Å². The average Bonchev–Trinajstić information content (AvgIpc) is 3.02. The maximum absolute atomic E-state index is 4.24. The van der Waals surface area contributed by atoms with Crippen molar-refractivity contribution < 1.29 is 0 Å². The van der Waals surface area contributed by atoms with Gasteiger partial charge in [0, 0.05) is 24.5 Å². The van der Waals surface area contributed by atoms with Crippen molar-refractivity contribution in [2.75, 3.05) is 6.54 Å². The number of pyridine rings is 1. The minimum atomic E-state index is 0.700. The second kappa shape index (κ2) is 6.76. The van der Waals surface area contributed by atoms with Crippen LogP contribution in [0.3, 0.4) is 0 Å². The normalized spacial score (nSPS) is 10.7. The van der Waals surface area contributed by atoms with Gasteiger partial charge in [-0.3, -0.25) is 4.98 Å². The van der Waals surface area contributed by atoms with Crippen molar-refractivity contribution in [3.8, 4) is 11.3 Å². The molecule has 0 fully saturated rings. The molecule has 106 valence electrons. The number of hydrogen-bond donors (Lipinski definition) is 2. The maximum atomic E-state index is 4.24. The van der Waals surface area contributed by atoms with Gasteiger partial charge in [0.15, 0.2) is 0 Å². The highest BCUT2D eigenvalue weighted by Crippen LogP contribution is 2.18. The van der Waals surface area contributed by atoms with Gasteiger partial charge in [-0.25, -0.2) is 0 Å². The summed E-state index contributed by atoms with van der Waals surface area (Å²) in [5, 5.41) is 14.6. The zero-order valence-corrected chi connectivity index (χ0v) is 11.7. The molecule has 2 N–H and O–H groups in total. The van der Waals surface area contributed by atoms with Crippen LogP contribution in [0.5, 0.6) is 0 Å². The molecule has 2 aromatic heterocycles. The van der Waals surface area contributed by atoms with Crippen molar-refractivity contribution in [2.45, 2.75) is 13.0 Å². The number of H-pyrrole nitrogens is 1. The van der Waals surface area contributed by atoms with Crippen LogP contribution in [0.2, 0.25) is 0 Å². The number of benzene rings is 1. The second-order valence-electron chi connectivity index (χ2n) is 4.77. The molecule has 0 saturated carbocycles. The molecule has 5 heteroatoms. The van der Waals surface area contributed by atoms with Gasteiger partial charge in [-0.1, -0.05) is 30.3 Å². The zero-order chi connectivity index (χ0) is 14.3. The topological polar surface area (TPSA) is 66.5 Å². The summed E-state index contributed by atoms with van der Waals surface area (Å²) in [6.45, 7) is 1.59. The van der Waals surface area contributed by atoms with Crippen LogP contribution < -0.4 is 5.32 Å². The van der Waals surface area contributed by atoms with Gasteiger partial charge in [0.05, 0.1) is 0 Å². The molecular weight excluding hydrogens is 262 g/mol. The van der Waals surface area contributed by atoms with Gasteiger partial charge >= 0.3 is 0 Å². The van der Waals surface area contributed by atoms with Crippen LogP contribution in [-0.4, -0.2) is 26.9 Å². The van der Waals surface area contributed by atoms with E-state index in [1.54, 1.807) is 0 Å². The van der Waals surface area contributed by atoms with Gasteiger partial charge in [0.2, 0.25) is 0 Å². The number of rotatable bonds is 6. The highest BCUT2D eigenvalue weighted by atomic mass is 15.3. The van der Waals surface area contributed by atoms with E-state index < -0.39 is 0 Å². The van der Waals surface area contributed by atoms with Crippen molar-refractivity contribution in [2.24, 2.45) is 0 Å². The van der Waals surface area contributed by atoms with E-state index in [1.165, 1.54) is 5.56 Å². The lowest BCUT2D eigenvalue weighted by Crippen LogP contribution is -2.17. The fourth-order valence-corrected chi connectivity index (χ4v) is 2.19. The van der Waals surface area contributed by atoms with Crippen LogP contribution in [0.1, 0.15) is 11.3 Å². The molecule has 1 aromatic carbocycles. The molecule has 0 spiro atoms. The molecule has 5 nitrogen and oxygen atoms in total. The first kappa shape index (κ1) is 13.5. The van der Waals surface area contributed by atoms with Gasteiger partial charge in [-0.15, -0.1) is 0 Å². The van der Waals surface area contributed by atoms with E-state index in [-0.39, 0.29) is 0 Å². The van der Waals surface area contributed by atoms with Crippen LogP contribution in [0.4, 0.5) is 0 Å². The first-order valence-corrected chi connectivity index (χ1v) is 6.98. The number of nitrogens with zero attached hydrogens (tertiary/aromatic N) is 3. The van der Waals surface area contributed by atoms with E-state index in [1.807, 2.05) is 54.9 Å². The first-order valence-electron chi connectivity index (χ1n) is 6.98.